The van der Waals surface area contributed by atoms with Gasteiger partial charge in [-0.3, -0.25) is 14.4 Å². The number of nitrogens with one attached hydrogen (secondary N) is 1. The Balaban J connectivity index is 1.26. The van der Waals surface area contributed by atoms with Gasteiger partial charge < -0.3 is 34.7 Å². The summed E-state index contributed by atoms with van der Waals surface area (Å²) < 4.78 is 56.5. The van der Waals surface area contributed by atoms with Crippen molar-refractivity contribution in [3.8, 4) is 5.75 Å². The number of carbonyl (C=O) groups excluding carboxylic acids is 3. The SMILES string of the molecule is CC(C)(C)OC(=O)N(CCC(=O)NCCCn1c(=O)c2nn(C3CCCCO3)cc2c2ccc(C(N)=O)cc21)Cc1ccc(OC(F)(F)F)c(Cl)c1. The van der Waals surface area contributed by atoms with Gasteiger partial charge >= 0.3 is 12.5 Å². The van der Waals surface area contributed by atoms with Crippen LogP contribution in [0.5, 0.6) is 5.75 Å². The van der Waals surface area contributed by atoms with Crippen molar-refractivity contribution in [3.05, 3.63) is 69.1 Å². The molecule has 0 bridgehead atoms. The van der Waals surface area contributed by atoms with Gasteiger partial charge in [-0.25, -0.2) is 9.48 Å². The van der Waals surface area contributed by atoms with Crippen molar-refractivity contribution in [3.63, 3.8) is 0 Å². The van der Waals surface area contributed by atoms with E-state index in [9.17, 15) is 32.3 Å². The van der Waals surface area contributed by atoms with Gasteiger partial charge in [-0.2, -0.15) is 5.10 Å². The number of nitrogens with zero attached hydrogens (tertiary/aromatic N) is 4. The van der Waals surface area contributed by atoms with Crippen molar-refractivity contribution in [1.82, 2.24) is 24.6 Å². The Morgan fingerprint density at radius 3 is 2.54 bits per heavy atom. The molecule has 1 aliphatic heterocycles. The van der Waals surface area contributed by atoms with E-state index in [4.69, 9.17) is 26.8 Å². The van der Waals surface area contributed by atoms with E-state index in [-0.39, 0.29) is 60.5 Å². The summed E-state index contributed by atoms with van der Waals surface area (Å²) in [5.41, 5.74) is 5.70. The Hall–Kier alpha value is -4.83. The molecule has 0 saturated carbocycles. The number of primary amides is 1. The van der Waals surface area contributed by atoms with E-state index in [1.807, 2.05) is 0 Å². The largest absolute Gasteiger partial charge is 0.573 e. The summed E-state index contributed by atoms with van der Waals surface area (Å²) in [7, 11) is 0. The second-order valence-electron chi connectivity index (χ2n) is 13.4. The highest BCUT2D eigenvalue weighted by Crippen LogP contribution is 2.32. The van der Waals surface area contributed by atoms with Gasteiger partial charge in [-0.15, -0.1) is 13.2 Å². The molecule has 13 nitrogen and oxygen atoms in total. The van der Waals surface area contributed by atoms with Gasteiger partial charge in [0, 0.05) is 61.7 Å². The zero-order valence-electron chi connectivity index (χ0n) is 28.9. The summed E-state index contributed by atoms with van der Waals surface area (Å²) in [6, 6.07) is 8.51. The number of alkyl halides is 3. The fourth-order valence-electron chi connectivity index (χ4n) is 5.84. The van der Waals surface area contributed by atoms with Crippen LogP contribution in [0.15, 0.2) is 47.4 Å². The maximum absolute atomic E-state index is 13.8. The zero-order valence-corrected chi connectivity index (χ0v) is 29.7. The molecule has 1 unspecified atom stereocenters. The minimum atomic E-state index is -4.93. The van der Waals surface area contributed by atoms with Crippen LogP contribution in [0.3, 0.4) is 0 Å². The summed E-state index contributed by atoms with van der Waals surface area (Å²) in [5.74, 6) is -1.63. The van der Waals surface area contributed by atoms with Gasteiger partial charge in [0.25, 0.3) is 5.56 Å². The predicted molar refractivity (Wildman–Crippen MR) is 186 cm³/mol. The van der Waals surface area contributed by atoms with Crippen LogP contribution in [0, 0.1) is 0 Å². The third-order valence-corrected chi connectivity index (χ3v) is 8.53. The van der Waals surface area contributed by atoms with Crippen molar-refractivity contribution < 1.29 is 41.8 Å². The topological polar surface area (TPSA) is 160 Å². The summed E-state index contributed by atoms with van der Waals surface area (Å²) >= 11 is 6.00. The van der Waals surface area contributed by atoms with E-state index in [1.165, 1.54) is 21.6 Å². The molecule has 5 rings (SSSR count). The Morgan fingerprint density at radius 2 is 1.88 bits per heavy atom. The minimum absolute atomic E-state index is 0.0802. The molecule has 3 heterocycles. The average Bonchev–Trinajstić information content (AvgIpc) is 3.52. The van der Waals surface area contributed by atoms with Crippen LogP contribution in [-0.4, -0.2) is 68.8 Å². The molecule has 52 heavy (non-hydrogen) atoms. The van der Waals surface area contributed by atoms with Crippen molar-refractivity contribution >= 4 is 51.3 Å². The van der Waals surface area contributed by atoms with E-state index in [0.717, 1.165) is 25.3 Å². The van der Waals surface area contributed by atoms with Gasteiger partial charge in [-0.05, 0) is 76.3 Å². The first kappa shape index (κ1) is 38.4. The summed E-state index contributed by atoms with van der Waals surface area (Å²) in [4.78, 5) is 52.9. The number of ether oxygens (including phenoxy) is 3. The summed E-state index contributed by atoms with van der Waals surface area (Å²) in [5, 5.41) is 8.40. The van der Waals surface area contributed by atoms with E-state index in [1.54, 1.807) is 49.8 Å². The minimum Gasteiger partial charge on any atom is -0.444 e. The lowest BCUT2D eigenvalue weighted by molar-refractivity contribution is -0.274. The van der Waals surface area contributed by atoms with Crippen LogP contribution in [0.2, 0.25) is 5.02 Å². The summed E-state index contributed by atoms with van der Waals surface area (Å²) in [6.45, 7) is 5.79. The Labute approximate surface area is 301 Å². The third-order valence-electron chi connectivity index (χ3n) is 8.23. The van der Waals surface area contributed by atoms with Crippen LogP contribution in [0.4, 0.5) is 18.0 Å². The van der Waals surface area contributed by atoms with Gasteiger partial charge in [0.15, 0.2) is 5.52 Å². The van der Waals surface area contributed by atoms with Crippen molar-refractivity contribution in [1.29, 1.82) is 0 Å². The first-order chi connectivity index (χ1) is 24.5. The van der Waals surface area contributed by atoms with E-state index < -0.39 is 35.6 Å². The quantitative estimate of drug-likeness (QED) is 0.166. The van der Waals surface area contributed by atoms with Gasteiger partial charge in [0.1, 0.15) is 17.6 Å². The number of hydrogen-bond acceptors (Lipinski definition) is 8. The average molecular weight is 749 g/mol. The van der Waals surface area contributed by atoms with E-state index in [2.05, 4.69) is 15.2 Å². The second kappa shape index (κ2) is 15.8. The van der Waals surface area contributed by atoms with Crippen LogP contribution in [-0.2, 0) is 27.4 Å². The normalized spacial score (nSPS) is 15.1. The maximum atomic E-state index is 13.8. The molecule has 0 spiro atoms. The summed E-state index contributed by atoms with van der Waals surface area (Å²) in [6.07, 6.45) is -1.25. The third kappa shape index (κ3) is 9.73. The fraction of sp³-hybridized carbons (Fsp3) is 0.457. The molecule has 4 aromatic rings. The van der Waals surface area contributed by atoms with E-state index in [0.29, 0.717) is 34.9 Å². The molecular formula is C35H40ClF3N6O7. The molecule has 2 aromatic heterocycles. The van der Waals surface area contributed by atoms with E-state index >= 15 is 0 Å². The highest BCUT2D eigenvalue weighted by Gasteiger charge is 2.32. The highest BCUT2D eigenvalue weighted by atomic mass is 35.5. The number of aryl methyl sites for hydroxylation is 1. The lowest BCUT2D eigenvalue weighted by atomic mass is 10.1. The number of rotatable bonds is 12. The number of carbonyl (C=O) groups is 3. The number of halogens is 4. The molecule has 0 radical (unpaired) electrons. The van der Waals surface area contributed by atoms with Crippen molar-refractivity contribution in [2.75, 3.05) is 19.7 Å². The standard InChI is InChI=1S/C35H40ClF3N6O7/c1-34(2,3)52-33(49)43(19-21-8-11-27(25(36)17-21)51-35(37,38)39)15-12-28(46)41-13-6-14-44-26-18-22(31(40)47)9-10-23(26)24-20-45(42-30(24)32(44)48)29-7-4-5-16-50-29/h8-11,17-18,20,29H,4-7,12-16,19H2,1-3H3,(H2,40,47)(H,41,46). The van der Waals surface area contributed by atoms with Crippen molar-refractivity contribution in [2.24, 2.45) is 5.73 Å². The van der Waals surface area contributed by atoms with Crippen LogP contribution in [0.1, 0.15) is 75.0 Å². The lowest BCUT2D eigenvalue weighted by Crippen LogP contribution is -2.39. The monoisotopic (exact) mass is 748 g/mol. The molecule has 3 N–H and O–H groups in total. The van der Waals surface area contributed by atoms with Gasteiger partial charge in [0.2, 0.25) is 11.8 Å². The smallest absolute Gasteiger partial charge is 0.444 e. The fourth-order valence-corrected chi connectivity index (χ4v) is 6.09. The lowest BCUT2D eigenvalue weighted by Gasteiger charge is -2.27. The van der Waals surface area contributed by atoms with Crippen LogP contribution < -0.4 is 21.3 Å². The number of benzene rings is 2. The first-order valence-corrected chi connectivity index (χ1v) is 17.1. The maximum Gasteiger partial charge on any atom is 0.573 e. The van der Waals surface area contributed by atoms with Crippen LogP contribution >= 0.6 is 11.6 Å². The molecule has 280 valence electrons. The highest BCUT2D eigenvalue weighted by molar-refractivity contribution is 6.32. The Kier molecular flexibility index (Phi) is 11.7. The van der Waals surface area contributed by atoms with Gasteiger partial charge in [0.05, 0.1) is 10.5 Å². The van der Waals surface area contributed by atoms with Gasteiger partial charge in [-0.1, -0.05) is 23.7 Å². The molecule has 3 amide bonds. The molecular weight excluding hydrogens is 709 g/mol. The zero-order chi connectivity index (χ0) is 37.8. The number of amides is 3. The van der Waals surface area contributed by atoms with Crippen LogP contribution in [0.25, 0.3) is 21.8 Å². The predicted octanol–water partition coefficient (Wildman–Crippen LogP) is 6.03. The molecule has 1 atom stereocenters. The number of nitrogens with two attached hydrogens (primary N) is 1. The number of aromatic nitrogens is 3. The molecule has 1 fully saturated rings. The number of pyridine rings is 1. The number of fused-ring (bicyclic) bond motifs is 3. The first-order valence-electron chi connectivity index (χ1n) is 16.7. The molecule has 17 heteroatoms. The Morgan fingerprint density at radius 1 is 1.12 bits per heavy atom. The molecule has 1 aliphatic rings. The molecule has 1 saturated heterocycles. The Bertz CT molecular complexity index is 2020. The molecule has 0 aliphatic carbocycles. The second-order valence-corrected chi connectivity index (χ2v) is 13.8. The molecule has 2 aromatic carbocycles. The van der Waals surface area contributed by atoms with Crippen molar-refractivity contribution in [2.45, 2.75) is 84.2 Å². The number of hydrogen-bond donors (Lipinski definition) is 2.